The van der Waals surface area contributed by atoms with Gasteiger partial charge >= 0.3 is 0 Å². The van der Waals surface area contributed by atoms with E-state index in [1.807, 2.05) is 18.2 Å². The van der Waals surface area contributed by atoms with Gasteiger partial charge in [-0.25, -0.2) is 4.39 Å². The molecule has 0 atom stereocenters. The van der Waals surface area contributed by atoms with E-state index in [1.54, 1.807) is 11.3 Å². The summed E-state index contributed by atoms with van der Waals surface area (Å²) in [7, 11) is 0. The Bertz CT molecular complexity index is 1050. The quantitative estimate of drug-likeness (QED) is 0.594. The molecule has 3 heterocycles. The highest BCUT2D eigenvalue weighted by molar-refractivity contribution is 7.10. The highest BCUT2D eigenvalue weighted by Crippen LogP contribution is 2.38. The number of fused-ring (bicyclic) bond motifs is 3. The van der Waals surface area contributed by atoms with E-state index in [-0.39, 0.29) is 11.7 Å². The number of benzene rings is 1. The summed E-state index contributed by atoms with van der Waals surface area (Å²) < 4.78 is 18.6. The van der Waals surface area contributed by atoms with Crippen LogP contribution in [0, 0.1) is 5.82 Å². The molecule has 2 aromatic heterocycles. The van der Waals surface area contributed by atoms with Crippen molar-refractivity contribution < 1.29 is 13.7 Å². The molecule has 8 heteroatoms. The summed E-state index contributed by atoms with van der Waals surface area (Å²) in [5.74, 6) is 0.406. The van der Waals surface area contributed by atoms with Gasteiger partial charge in [0.2, 0.25) is 0 Å². The molecule has 3 aromatic rings. The van der Waals surface area contributed by atoms with E-state index in [0.29, 0.717) is 12.2 Å². The molecule has 6 nitrogen and oxygen atoms in total. The lowest BCUT2D eigenvalue weighted by Gasteiger charge is -2.36. The van der Waals surface area contributed by atoms with Crippen LogP contribution in [-0.2, 0) is 12.8 Å². The Morgan fingerprint density at radius 3 is 2.74 bits per heavy atom. The molecule has 1 saturated heterocycles. The van der Waals surface area contributed by atoms with Crippen LogP contribution in [0.5, 0.6) is 0 Å². The maximum atomic E-state index is 13.1. The van der Waals surface area contributed by atoms with Crippen molar-refractivity contribution in [1.82, 2.24) is 15.4 Å². The molecule has 1 amide bonds. The van der Waals surface area contributed by atoms with E-state index in [2.05, 4.69) is 25.7 Å². The van der Waals surface area contributed by atoms with E-state index < -0.39 is 0 Å². The number of anilines is 1. The number of nitrogens with zero attached hydrogens (tertiary/aromatic N) is 3. The van der Waals surface area contributed by atoms with Crippen molar-refractivity contribution in [2.24, 2.45) is 0 Å². The van der Waals surface area contributed by atoms with Gasteiger partial charge in [0, 0.05) is 54.4 Å². The Kier molecular flexibility index (Phi) is 5.74. The van der Waals surface area contributed by atoms with Gasteiger partial charge in [-0.05, 0) is 61.5 Å². The number of amides is 1. The molecule has 0 unspecified atom stereocenters. The van der Waals surface area contributed by atoms with Crippen molar-refractivity contribution >= 4 is 22.9 Å². The molecule has 1 aromatic carbocycles. The van der Waals surface area contributed by atoms with Crippen LogP contribution >= 0.6 is 11.3 Å². The topological polar surface area (TPSA) is 61.6 Å². The molecule has 0 bridgehead atoms. The van der Waals surface area contributed by atoms with Crippen molar-refractivity contribution in [3.63, 3.8) is 0 Å². The van der Waals surface area contributed by atoms with Gasteiger partial charge in [-0.2, -0.15) is 0 Å². The van der Waals surface area contributed by atoms with E-state index in [4.69, 9.17) is 4.52 Å². The minimum Gasteiger partial charge on any atom is -0.369 e. The third-order valence-corrected chi connectivity index (χ3v) is 7.08. The second-order valence-electron chi connectivity index (χ2n) is 8.01. The number of rotatable bonds is 6. The predicted molar refractivity (Wildman–Crippen MR) is 119 cm³/mol. The zero-order valence-electron chi connectivity index (χ0n) is 17.3. The number of halogens is 1. The molecule has 1 aliphatic carbocycles. The van der Waals surface area contributed by atoms with Gasteiger partial charge in [-0.15, -0.1) is 11.3 Å². The number of hydrogen-bond donors (Lipinski definition) is 1. The van der Waals surface area contributed by atoms with Gasteiger partial charge < -0.3 is 14.7 Å². The maximum Gasteiger partial charge on any atom is 0.273 e. The molecule has 1 fully saturated rings. The van der Waals surface area contributed by atoms with Crippen LogP contribution in [0.2, 0.25) is 0 Å². The lowest BCUT2D eigenvalue weighted by molar-refractivity contribution is 0.0941. The number of nitrogens with one attached hydrogen (secondary N) is 1. The first-order valence-corrected chi connectivity index (χ1v) is 11.6. The summed E-state index contributed by atoms with van der Waals surface area (Å²) in [4.78, 5) is 18.6. The summed E-state index contributed by atoms with van der Waals surface area (Å²) in [5, 5.41) is 9.12. The fourth-order valence-corrected chi connectivity index (χ4v) is 5.25. The largest absolute Gasteiger partial charge is 0.369 e. The number of carbonyl (C=O) groups excluding carboxylic acids is 1. The summed E-state index contributed by atoms with van der Waals surface area (Å²) in [5.41, 5.74) is 3.51. The first-order valence-electron chi connectivity index (χ1n) is 10.8. The standard InChI is InChI=1S/C23H25FN4O2S/c24-16-2-4-17(5-3-16)28-13-11-27(12-14-28)10-1-9-25-23(29)21-19-6-7-20-18(8-15-31-20)22(19)30-26-21/h2-5,8,15H,1,6-7,9-14H2,(H,25,29). The highest BCUT2D eigenvalue weighted by Gasteiger charge is 2.28. The zero-order chi connectivity index (χ0) is 21.2. The van der Waals surface area contributed by atoms with Crippen molar-refractivity contribution in [2.75, 3.05) is 44.2 Å². The van der Waals surface area contributed by atoms with Gasteiger partial charge in [-0.1, -0.05) is 5.16 Å². The van der Waals surface area contributed by atoms with Gasteiger partial charge in [0.05, 0.1) is 0 Å². The predicted octanol–water partition coefficient (Wildman–Crippen LogP) is 3.58. The Hall–Kier alpha value is -2.71. The van der Waals surface area contributed by atoms with Gasteiger partial charge in [0.1, 0.15) is 5.82 Å². The number of aryl methyl sites for hydroxylation is 1. The first kappa shape index (κ1) is 20.2. The van der Waals surface area contributed by atoms with Crippen LogP contribution in [-0.4, -0.2) is 55.2 Å². The second kappa shape index (κ2) is 8.80. The van der Waals surface area contributed by atoms with Crippen LogP contribution in [0.25, 0.3) is 11.3 Å². The van der Waals surface area contributed by atoms with E-state index in [1.165, 1.54) is 17.0 Å². The minimum atomic E-state index is -0.202. The van der Waals surface area contributed by atoms with E-state index in [0.717, 1.165) is 74.6 Å². The molecule has 31 heavy (non-hydrogen) atoms. The molecular formula is C23H25FN4O2S. The third-order valence-electron chi connectivity index (χ3n) is 6.10. The Morgan fingerprint density at radius 2 is 1.94 bits per heavy atom. The van der Waals surface area contributed by atoms with Crippen molar-refractivity contribution in [3.8, 4) is 11.3 Å². The van der Waals surface area contributed by atoms with E-state index in [9.17, 15) is 9.18 Å². The Labute approximate surface area is 184 Å². The molecular weight excluding hydrogens is 415 g/mol. The van der Waals surface area contributed by atoms with E-state index >= 15 is 0 Å². The van der Waals surface area contributed by atoms with Gasteiger partial charge in [-0.3, -0.25) is 9.69 Å². The van der Waals surface area contributed by atoms with Crippen molar-refractivity contribution in [3.05, 3.63) is 57.7 Å². The minimum absolute atomic E-state index is 0.148. The summed E-state index contributed by atoms with van der Waals surface area (Å²) in [6, 6.07) is 8.73. The van der Waals surface area contributed by atoms with Crippen molar-refractivity contribution in [2.45, 2.75) is 19.3 Å². The van der Waals surface area contributed by atoms with Gasteiger partial charge in [0.15, 0.2) is 11.5 Å². The fraction of sp³-hybridized carbons (Fsp3) is 0.391. The molecule has 0 radical (unpaired) electrons. The molecule has 162 valence electrons. The lowest BCUT2D eigenvalue weighted by Crippen LogP contribution is -2.47. The summed E-state index contributed by atoms with van der Waals surface area (Å²) in [6.07, 6.45) is 2.62. The van der Waals surface area contributed by atoms with Crippen LogP contribution in [0.4, 0.5) is 10.1 Å². The fourth-order valence-electron chi connectivity index (χ4n) is 4.38. The summed E-state index contributed by atoms with van der Waals surface area (Å²) >= 11 is 1.73. The SMILES string of the molecule is O=C(NCCCN1CCN(c2ccc(F)cc2)CC1)c1noc2c1CCc1sccc1-2. The second-order valence-corrected chi connectivity index (χ2v) is 9.01. The van der Waals surface area contributed by atoms with Crippen LogP contribution in [0.1, 0.15) is 27.3 Å². The van der Waals surface area contributed by atoms with Crippen LogP contribution < -0.4 is 10.2 Å². The number of hydrogen-bond acceptors (Lipinski definition) is 6. The normalized spacial score (nSPS) is 16.1. The Morgan fingerprint density at radius 1 is 1.13 bits per heavy atom. The van der Waals surface area contributed by atoms with Crippen LogP contribution in [0.3, 0.4) is 0 Å². The number of carbonyl (C=O) groups is 1. The Balaban J connectivity index is 1.07. The number of thiophene rings is 1. The number of aromatic nitrogens is 1. The first-order chi connectivity index (χ1) is 15.2. The van der Waals surface area contributed by atoms with Crippen LogP contribution in [0.15, 0.2) is 40.2 Å². The lowest BCUT2D eigenvalue weighted by atomic mass is 9.95. The smallest absolute Gasteiger partial charge is 0.273 e. The highest BCUT2D eigenvalue weighted by atomic mass is 32.1. The van der Waals surface area contributed by atoms with Gasteiger partial charge in [0.25, 0.3) is 5.91 Å². The molecule has 2 aliphatic rings. The monoisotopic (exact) mass is 440 g/mol. The summed E-state index contributed by atoms with van der Waals surface area (Å²) in [6.45, 7) is 5.33. The average molecular weight is 441 g/mol. The molecule has 0 spiro atoms. The number of piperazine rings is 1. The molecule has 5 rings (SSSR count). The molecule has 1 N–H and O–H groups in total. The maximum absolute atomic E-state index is 13.1. The zero-order valence-corrected chi connectivity index (χ0v) is 18.1. The molecule has 1 aliphatic heterocycles. The third kappa shape index (κ3) is 4.22. The molecule has 0 saturated carbocycles. The average Bonchev–Trinajstić information content (AvgIpc) is 3.44. The van der Waals surface area contributed by atoms with Crippen molar-refractivity contribution in [1.29, 1.82) is 0 Å².